The Kier molecular flexibility index (Phi) is 31.6. The molecule has 0 bridgehead atoms. The number of carbonyl (C=O) groups excluding carboxylic acids is 2. The zero-order valence-electron chi connectivity index (χ0n) is 18.2. The smallest absolute Gasteiger partial charge is 1.00 e. The summed E-state index contributed by atoms with van der Waals surface area (Å²) in [6.45, 7) is 3.53. The Labute approximate surface area is 212 Å². The summed E-state index contributed by atoms with van der Waals surface area (Å²) >= 11 is 0. The Morgan fingerprint density at radius 2 is 1.00 bits per heavy atom. The van der Waals surface area contributed by atoms with E-state index in [0.29, 0.717) is 6.42 Å². The van der Waals surface area contributed by atoms with Crippen molar-refractivity contribution in [2.24, 2.45) is 0 Å². The summed E-state index contributed by atoms with van der Waals surface area (Å²) in [6, 6.07) is 0. The minimum Gasteiger partial charge on any atom is -1.00 e. The second-order valence-corrected chi connectivity index (χ2v) is 6.67. The van der Waals surface area contributed by atoms with Gasteiger partial charge in [0, 0.05) is 32.8 Å². The van der Waals surface area contributed by atoms with Crippen LogP contribution in [0.2, 0.25) is 0 Å². The largest absolute Gasteiger partial charge is 1.00 e. The van der Waals surface area contributed by atoms with Crippen molar-refractivity contribution in [3.8, 4) is 0 Å². The third-order valence-corrected chi connectivity index (χ3v) is 4.24. The maximum atomic E-state index is 11.1. The van der Waals surface area contributed by atoms with Gasteiger partial charge >= 0.3 is 63.3 Å². The molecule has 0 aliphatic carbocycles. The van der Waals surface area contributed by atoms with Crippen molar-refractivity contribution in [3.05, 3.63) is 0 Å². The molecule has 0 saturated heterocycles. The topological polar surface area (TPSA) is 43.4 Å². The number of esters is 2. The summed E-state index contributed by atoms with van der Waals surface area (Å²) in [5.41, 5.74) is 0. The molecule has 0 rings (SSSR count). The van der Waals surface area contributed by atoms with Crippen molar-refractivity contribution in [1.29, 1.82) is 0 Å². The Bertz CT molecular complexity index is 305. The van der Waals surface area contributed by atoms with E-state index in [-0.39, 0.29) is 78.3 Å². The molecule has 140 valence electrons. The zero-order chi connectivity index (χ0) is 17.2. The van der Waals surface area contributed by atoms with Gasteiger partial charge in [-0.3, -0.25) is 9.59 Å². The third-order valence-electron chi connectivity index (χ3n) is 4.24. The molecular weight excluding hydrogens is 393 g/mol. The number of hydrogen-bond donors (Lipinski definition) is 0. The van der Waals surface area contributed by atoms with Gasteiger partial charge in [0.1, 0.15) is 0 Å². The first-order valence-corrected chi connectivity index (χ1v) is 9.88. The molecule has 0 aromatic heterocycles. The van der Waals surface area contributed by atoms with Crippen LogP contribution in [0.1, 0.15) is 118 Å². The standard InChI is InChI=1S/C20H38O3.K.Zn.H/c1-3-4-5-6-7-8-9-10-11-12-13-14-15-16-17-18-20(22)23-19(2)21;;;/h3-18H2,1-2H3;;;/q;+1;;-1. The van der Waals surface area contributed by atoms with Crippen LogP contribution in [0.3, 0.4) is 0 Å². The van der Waals surface area contributed by atoms with Crippen LogP contribution in [0.25, 0.3) is 0 Å². The number of unbranched alkanes of at least 4 members (excludes halogenated alkanes) is 14. The molecule has 0 heterocycles. The fourth-order valence-corrected chi connectivity index (χ4v) is 2.85. The summed E-state index contributed by atoms with van der Waals surface area (Å²) in [5, 5.41) is 0. The van der Waals surface area contributed by atoms with Crippen molar-refractivity contribution in [2.75, 3.05) is 0 Å². The second kappa shape index (κ2) is 25.4. The molecule has 0 aromatic rings. The fourth-order valence-electron chi connectivity index (χ4n) is 2.85. The minimum absolute atomic E-state index is 0. The van der Waals surface area contributed by atoms with Crippen LogP contribution in [-0.2, 0) is 33.8 Å². The minimum atomic E-state index is -0.504. The van der Waals surface area contributed by atoms with Crippen molar-refractivity contribution < 1.29 is 86.6 Å². The van der Waals surface area contributed by atoms with Gasteiger partial charge in [-0.05, 0) is 6.42 Å². The molecule has 25 heavy (non-hydrogen) atoms. The van der Waals surface area contributed by atoms with E-state index in [0.717, 1.165) is 12.8 Å². The normalized spacial score (nSPS) is 9.84. The molecule has 0 fully saturated rings. The Hall–Kier alpha value is 1.40. The van der Waals surface area contributed by atoms with Crippen molar-refractivity contribution in [2.45, 2.75) is 117 Å². The average Bonchev–Trinajstić information content (AvgIpc) is 2.50. The quantitative estimate of drug-likeness (QED) is 0.163. The van der Waals surface area contributed by atoms with Gasteiger partial charge in [-0.25, -0.2) is 0 Å². The molecule has 0 aliphatic rings. The van der Waals surface area contributed by atoms with Crippen LogP contribution in [-0.4, -0.2) is 11.9 Å². The first kappa shape index (κ1) is 31.1. The monoisotopic (exact) mass is 430 g/mol. The van der Waals surface area contributed by atoms with Crippen molar-refractivity contribution >= 4 is 11.9 Å². The summed E-state index contributed by atoms with van der Waals surface area (Å²) in [7, 11) is 0. The first-order valence-electron chi connectivity index (χ1n) is 9.88. The van der Waals surface area contributed by atoms with Gasteiger partial charge in [0.25, 0.3) is 0 Å². The molecule has 0 amide bonds. The number of rotatable bonds is 16. The maximum absolute atomic E-state index is 11.1. The van der Waals surface area contributed by atoms with Gasteiger partial charge in [-0.15, -0.1) is 0 Å². The zero-order valence-corrected chi connectivity index (χ0v) is 23.3. The number of carbonyl (C=O) groups is 2. The number of ether oxygens (including phenoxy) is 1. The average molecular weight is 432 g/mol. The van der Waals surface area contributed by atoms with Crippen molar-refractivity contribution in [1.82, 2.24) is 0 Å². The van der Waals surface area contributed by atoms with Crippen LogP contribution in [0.4, 0.5) is 0 Å². The second-order valence-electron chi connectivity index (χ2n) is 6.67. The number of hydrogen-bond acceptors (Lipinski definition) is 3. The predicted octanol–water partition coefficient (Wildman–Crippen LogP) is 3.45. The van der Waals surface area contributed by atoms with Crippen LogP contribution in [0, 0.1) is 0 Å². The fraction of sp³-hybridized carbons (Fsp3) is 0.900. The van der Waals surface area contributed by atoms with E-state index in [1.807, 2.05) is 0 Å². The molecule has 0 spiro atoms. The third kappa shape index (κ3) is 27.7. The molecule has 0 radical (unpaired) electrons. The van der Waals surface area contributed by atoms with E-state index in [2.05, 4.69) is 11.7 Å². The van der Waals surface area contributed by atoms with Gasteiger partial charge < -0.3 is 6.16 Å². The van der Waals surface area contributed by atoms with Crippen LogP contribution in [0.15, 0.2) is 0 Å². The molecule has 0 atom stereocenters. The van der Waals surface area contributed by atoms with Gasteiger partial charge in [-0.2, -0.15) is 0 Å². The molecule has 0 aromatic carbocycles. The van der Waals surface area contributed by atoms with E-state index < -0.39 is 5.97 Å². The first-order chi connectivity index (χ1) is 11.2. The van der Waals surface area contributed by atoms with Gasteiger partial charge in [0.15, 0.2) is 0 Å². The van der Waals surface area contributed by atoms with Gasteiger partial charge in [0.05, 0.1) is 0 Å². The summed E-state index contributed by atoms with van der Waals surface area (Å²) < 4.78 is 4.49. The van der Waals surface area contributed by atoms with E-state index in [4.69, 9.17) is 0 Å². The van der Waals surface area contributed by atoms with E-state index in [9.17, 15) is 9.59 Å². The molecule has 3 nitrogen and oxygen atoms in total. The van der Waals surface area contributed by atoms with Gasteiger partial charge in [0.2, 0.25) is 0 Å². The summed E-state index contributed by atoms with van der Waals surface area (Å²) in [6.07, 6.45) is 20.0. The summed E-state index contributed by atoms with van der Waals surface area (Å²) in [5.74, 6) is -0.886. The Morgan fingerprint density at radius 1 is 0.680 bits per heavy atom. The SMILES string of the molecule is CCCCCCCCCCCCCCCCCC(=O)OC(C)=O.[H-].[K+].[Zn]. The van der Waals surface area contributed by atoms with E-state index in [1.165, 1.54) is 90.4 Å². The van der Waals surface area contributed by atoms with Crippen molar-refractivity contribution in [3.63, 3.8) is 0 Å². The molecule has 5 heteroatoms. The van der Waals surface area contributed by atoms with E-state index in [1.54, 1.807) is 0 Å². The molecule has 0 aliphatic heterocycles. The summed E-state index contributed by atoms with van der Waals surface area (Å²) in [4.78, 5) is 21.7. The Balaban J connectivity index is -0.000000807. The molecular formula is C20H39KO3Zn. The Morgan fingerprint density at radius 3 is 1.32 bits per heavy atom. The predicted molar refractivity (Wildman–Crippen MR) is 97.4 cm³/mol. The van der Waals surface area contributed by atoms with E-state index >= 15 is 0 Å². The maximum Gasteiger partial charge on any atom is 1.00 e. The molecule has 0 unspecified atom stereocenters. The van der Waals surface area contributed by atoms with Crippen LogP contribution in [0.5, 0.6) is 0 Å². The molecule has 0 N–H and O–H groups in total. The van der Waals surface area contributed by atoms with Gasteiger partial charge in [-0.1, -0.05) is 96.8 Å². The van der Waals surface area contributed by atoms with Crippen LogP contribution < -0.4 is 51.4 Å². The molecule has 0 saturated carbocycles. The van der Waals surface area contributed by atoms with Crippen LogP contribution >= 0.6 is 0 Å².